The van der Waals surface area contributed by atoms with Crippen molar-refractivity contribution in [1.82, 2.24) is 0 Å². The minimum Gasteiger partial charge on any atom is -0.394 e. The predicted octanol–water partition coefficient (Wildman–Crippen LogP) is 2.20. The van der Waals surface area contributed by atoms with Crippen LogP contribution in [0, 0.1) is 10.1 Å². The fraction of sp³-hybridized carbons (Fsp3) is 0.188. The maximum absolute atomic E-state index is 12.6. The maximum Gasteiger partial charge on any atom is 0.289 e. The fourth-order valence-corrected chi connectivity index (χ4v) is 3.25. The third kappa shape index (κ3) is 4.61. The highest BCUT2D eigenvalue weighted by atomic mass is 32.2. The zero-order chi connectivity index (χ0) is 18.4. The minimum atomic E-state index is -4.16. The number of aliphatic hydroxyl groups excluding tert-OH is 1. The van der Waals surface area contributed by atoms with Gasteiger partial charge >= 0.3 is 0 Å². The van der Waals surface area contributed by atoms with Crippen LogP contribution in [0.5, 0.6) is 0 Å². The Kier molecular flexibility index (Phi) is 5.84. The van der Waals surface area contributed by atoms with E-state index in [1.165, 1.54) is 30.5 Å². The van der Waals surface area contributed by atoms with E-state index < -0.39 is 25.5 Å². The first-order valence-electron chi connectivity index (χ1n) is 7.34. The van der Waals surface area contributed by atoms with Crippen LogP contribution in [0.1, 0.15) is 12.5 Å². The molecule has 1 atom stereocenters. The van der Waals surface area contributed by atoms with Crippen LogP contribution in [-0.2, 0) is 10.0 Å². The van der Waals surface area contributed by atoms with Gasteiger partial charge in [0.15, 0.2) is 4.90 Å². The van der Waals surface area contributed by atoms with E-state index in [0.29, 0.717) is 5.56 Å². The molecule has 0 fully saturated rings. The first kappa shape index (κ1) is 18.6. The molecule has 0 bridgehead atoms. The molecule has 8 nitrogen and oxygen atoms in total. The molecule has 25 heavy (non-hydrogen) atoms. The molecule has 2 aromatic carbocycles. The average Bonchev–Trinajstić information content (AvgIpc) is 2.60. The van der Waals surface area contributed by atoms with Crippen LogP contribution in [0.2, 0.25) is 0 Å². The molecule has 2 rings (SSSR count). The molecule has 132 valence electrons. The van der Waals surface area contributed by atoms with Crippen LogP contribution < -0.4 is 4.72 Å². The Bertz CT molecular complexity index is 896. The van der Waals surface area contributed by atoms with Gasteiger partial charge in [0.1, 0.15) is 0 Å². The van der Waals surface area contributed by atoms with E-state index in [4.69, 9.17) is 5.11 Å². The summed E-state index contributed by atoms with van der Waals surface area (Å²) in [4.78, 5) is 14.0. The standard InChI is InChI=1S/C16H17N3O5S/c1-12(11-20)17-10-13-6-2-3-7-14(13)18-25(23,24)16-9-5-4-8-15(16)19(21)22/h2-10,12,18,20H,11H2,1H3. The largest absolute Gasteiger partial charge is 0.394 e. The van der Waals surface area contributed by atoms with Gasteiger partial charge in [-0.2, -0.15) is 0 Å². The normalized spacial score (nSPS) is 12.9. The second kappa shape index (κ2) is 7.86. The van der Waals surface area contributed by atoms with Gasteiger partial charge in [0, 0.05) is 17.8 Å². The van der Waals surface area contributed by atoms with Crippen molar-refractivity contribution in [2.45, 2.75) is 17.9 Å². The monoisotopic (exact) mass is 363 g/mol. The number of para-hydroxylation sites is 2. The highest BCUT2D eigenvalue weighted by Gasteiger charge is 2.25. The van der Waals surface area contributed by atoms with Gasteiger partial charge in [0.2, 0.25) is 0 Å². The van der Waals surface area contributed by atoms with Crippen LogP contribution in [0.15, 0.2) is 58.4 Å². The lowest BCUT2D eigenvalue weighted by molar-refractivity contribution is -0.387. The second-order valence-electron chi connectivity index (χ2n) is 5.23. The van der Waals surface area contributed by atoms with Crippen molar-refractivity contribution in [3.8, 4) is 0 Å². The quantitative estimate of drug-likeness (QED) is 0.443. The molecule has 0 aliphatic carbocycles. The van der Waals surface area contributed by atoms with Gasteiger partial charge in [-0.25, -0.2) is 8.42 Å². The summed E-state index contributed by atoms with van der Waals surface area (Å²) in [6.07, 6.45) is 1.44. The van der Waals surface area contributed by atoms with Gasteiger partial charge in [-0.05, 0) is 19.1 Å². The van der Waals surface area contributed by atoms with E-state index in [1.54, 1.807) is 25.1 Å². The predicted molar refractivity (Wildman–Crippen MR) is 94.5 cm³/mol. The number of aliphatic imine (C=N–C) groups is 1. The third-order valence-corrected chi connectivity index (χ3v) is 4.70. The molecule has 0 aliphatic heterocycles. The van der Waals surface area contributed by atoms with Crippen molar-refractivity contribution >= 4 is 27.6 Å². The van der Waals surface area contributed by atoms with Crippen molar-refractivity contribution < 1.29 is 18.4 Å². The highest BCUT2D eigenvalue weighted by molar-refractivity contribution is 7.92. The Balaban J connectivity index is 2.40. The maximum atomic E-state index is 12.6. The number of nitrogens with zero attached hydrogens (tertiary/aromatic N) is 2. The molecular weight excluding hydrogens is 346 g/mol. The van der Waals surface area contributed by atoms with E-state index in [1.807, 2.05) is 0 Å². The summed E-state index contributed by atoms with van der Waals surface area (Å²) in [6.45, 7) is 1.57. The van der Waals surface area contributed by atoms with Crippen LogP contribution in [0.4, 0.5) is 11.4 Å². The van der Waals surface area contributed by atoms with Crippen molar-refractivity contribution in [3.05, 3.63) is 64.2 Å². The van der Waals surface area contributed by atoms with Gasteiger partial charge in [-0.1, -0.05) is 30.3 Å². The fourth-order valence-electron chi connectivity index (χ4n) is 1.99. The Morgan fingerprint density at radius 1 is 1.24 bits per heavy atom. The molecule has 0 aliphatic rings. The summed E-state index contributed by atoms with van der Waals surface area (Å²) in [5, 5.41) is 20.1. The smallest absolute Gasteiger partial charge is 0.289 e. The van der Waals surface area contributed by atoms with E-state index in [2.05, 4.69) is 9.71 Å². The van der Waals surface area contributed by atoms with Gasteiger partial charge in [0.25, 0.3) is 15.7 Å². The number of benzene rings is 2. The molecule has 0 saturated heterocycles. The van der Waals surface area contributed by atoms with Crippen molar-refractivity contribution in [2.75, 3.05) is 11.3 Å². The molecule has 0 heterocycles. The highest BCUT2D eigenvalue weighted by Crippen LogP contribution is 2.26. The van der Waals surface area contributed by atoms with Gasteiger partial charge < -0.3 is 5.11 Å². The molecule has 2 N–H and O–H groups in total. The third-order valence-electron chi connectivity index (χ3n) is 3.29. The minimum absolute atomic E-state index is 0.138. The summed E-state index contributed by atoms with van der Waals surface area (Å²) in [7, 11) is -4.16. The Morgan fingerprint density at radius 2 is 1.88 bits per heavy atom. The molecule has 0 spiro atoms. The van der Waals surface area contributed by atoms with Gasteiger partial charge in [0.05, 0.1) is 23.3 Å². The number of aliphatic hydroxyl groups is 1. The molecule has 1 unspecified atom stereocenters. The summed E-state index contributed by atoms with van der Waals surface area (Å²) < 4.78 is 27.5. The Morgan fingerprint density at radius 3 is 2.56 bits per heavy atom. The molecule has 2 aromatic rings. The molecular formula is C16H17N3O5S. The first-order chi connectivity index (χ1) is 11.8. The van der Waals surface area contributed by atoms with Crippen LogP contribution in [0.3, 0.4) is 0 Å². The molecule has 9 heteroatoms. The van der Waals surface area contributed by atoms with E-state index in [-0.39, 0.29) is 18.3 Å². The molecule has 0 amide bonds. The zero-order valence-corrected chi connectivity index (χ0v) is 14.2. The lowest BCUT2D eigenvalue weighted by Gasteiger charge is -2.11. The number of hydrogen-bond donors (Lipinski definition) is 2. The van der Waals surface area contributed by atoms with Crippen LogP contribution in [0.25, 0.3) is 0 Å². The molecule has 0 saturated carbocycles. The van der Waals surface area contributed by atoms with E-state index >= 15 is 0 Å². The second-order valence-corrected chi connectivity index (χ2v) is 6.88. The molecule has 0 aromatic heterocycles. The zero-order valence-electron chi connectivity index (χ0n) is 13.4. The number of sulfonamides is 1. The number of hydrogen-bond acceptors (Lipinski definition) is 6. The SMILES string of the molecule is CC(CO)N=Cc1ccccc1NS(=O)(=O)c1ccccc1[N+](=O)[O-]. The average molecular weight is 363 g/mol. The van der Waals surface area contributed by atoms with Gasteiger partial charge in [-0.3, -0.25) is 19.8 Å². The van der Waals surface area contributed by atoms with Crippen molar-refractivity contribution in [1.29, 1.82) is 0 Å². The summed E-state index contributed by atoms with van der Waals surface area (Å²) >= 11 is 0. The van der Waals surface area contributed by atoms with Crippen LogP contribution in [-0.4, -0.2) is 37.3 Å². The lowest BCUT2D eigenvalue weighted by atomic mass is 10.2. The van der Waals surface area contributed by atoms with E-state index in [9.17, 15) is 18.5 Å². The number of anilines is 1. The number of nitrogens with one attached hydrogen (secondary N) is 1. The number of nitro benzene ring substituents is 1. The topological polar surface area (TPSA) is 122 Å². The van der Waals surface area contributed by atoms with Crippen molar-refractivity contribution in [2.24, 2.45) is 4.99 Å². The lowest BCUT2D eigenvalue weighted by Crippen LogP contribution is -2.16. The number of rotatable bonds is 7. The van der Waals surface area contributed by atoms with E-state index in [0.717, 1.165) is 6.07 Å². The summed E-state index contributed by atoms with van der Waals surface area (Å²) in [5.41, 5.74) is 0.203. The van der Waals surface area contributed by atoms with Crippen LogP contribution >= 0.6 is 0 Å². The Hall–Kier alpha value is -2.78. The summed E-state index contributed by atoms with van der Waals surface area (Å²) in [6, 6.07) is 11.3. The first-order valence-corrected chi connectivity index (χ1v) is 8.83. The van der Waals surface area contributed by atoms with Crippen molar-refractivity contribution in [3.63, 3.8) is 0 Å². The summed E-state index contributed by atoms with van der Waals surface area (Å²) in [5.74, 6) is 0. The molecule has 0 radical (unpaired) electrons. The Labute approximate surface area is 145 Å². The van der Waals surface area contributed by atoms with Gasteiger partial charge in [-0.15, -0.1) is 0 Å². The number of nitro groups is 1.